The topological polar surface area (TPSA) is 66.0 Å². The highest BCUT2D eigenvalue weighted by Crippen LogP contribution is 2.34. The fraction of sp³-hybridized carbons (Fsp3) is 0.278. The van der Waals surface area contributed by atoms with E-state index in [9.17, 15) is 4.79 Å². The Morgan fingerprint density at radius 1 is 1.12 bits per heavy atom. The van der Waals surface area contributed by atoms with Crippen molar-refractivity contribution in [2.45, 2.75) is 12.8 Å². The molecule has 1 heterocycles. The molecule has 6 nitrogen and oxygen atoms in total. The maximum Gasteiger partial charge on any atom is 0.231 e. The lowest BCUT2D eigenvalue weighted by atomic mass is 10.2. The van der Waals surface area contributed by atoms with Crippen LogP contribution >= 0.6 is 0 Å². The van der Waals surface area contributed by atoms with Crippen molar-refractivity contribution in [1.29, 1.82) is 0 Å². The van der Waals surface area contributed by atoms with E-state index in [1.54, 1.807) is 25.3 Å². The summed E-state index contributed by atoms with van der Waals surface area (Å²) in [5.41, 5.74) is 0.690. The number of nitrogens with one attached hydrogen (secondary N) is 1. The molecule has 126 valence electrons. The molecule has 0 aliphatic carbocycles. The molecule has 0 aromatic heterocycles. The number of amides is 1. The van der Waals surface area contributed by atoms with Gasteiger partial charge in [-0.2, -0.15) is 0 Å². The van der Waals surface area contributed by atoms with E-state index in [4.69, 9.17) is 18.9 Å². The van der Waals surface area contributed by atoms with Crippen molar-refractivity contribution in [3.63, 3.8) is 0 Å². The number of anilines is 1. The number of benzene rings is 2. The van der Waals surface area contributed by atoms with Gasteiger partial charge < -0.3 is 24.3 Å². The zero-order valence-electron chi connectivity index (χ0n) is 13.4. The third-order valence-corrected chi connectivity index (χ3v) is 3.53. The van der Waals surface area contributed by atoms with Crippen LogP contribution in [-0.2, 0) is 4.79 Å². The van der Waals surface area contributed by atoms with Gasteiger partial charge in [-0.15, -0.1) is 0 Å². The van der Waals surface area contributed by atoms with Crippen molar-refractivity contribution in [1.82, 2.24) is 0 Å². The maximum atomic E-state index is 12.0. The molecule has 0 unspecified atom stereocenters. The molecule has 24 heavy (non-hydrogen) atoms. The van der Waals surface area contributed by atoms with Crippen LogP contribution in [0.4, 0.5) is 5.69 Å². The van der Waals surface area contributed by atoms with Gasteiger partial charge in [0.2, 0.25) is 12.7 Å². The van der Waals surface area contributed by atoms with Gasteiger partial charge in [0.05, 0.1) is 13.7 Å². The smallest absolute Gasteiger partial charge is 0.231 e. The standard InChI is InChI=1S/C18H19NO5/c1-21-14-5-2-3-6-15(14)22-10-4-7-18(20)19-13-8-9-16-17(11-13)24-12-23-16/h2-3,5-6,8-9,11H,4,7,10,12H2,1H3,(H,19,20). The van der Waals surface area contributed by atoms with Crippen LogP contribution in [0.2, 0.25) is 0 Å². The molecular formula is C18H19NO5. The van der Waals surface area contributed by atoms with E-state index in [-0.39, 0.29) is 12.7 Å². The van der Waals surface area contributed by atoms with Crippen LogP contribution < -0.4 is 24.3 Å². The monoisotopic (exact) mass is 329 g/mol. The van der Waals surface area contributed by atoms with E-state index in [2.05, 4.69) is 5.32 Å². The Balaban J connectivity index is 1.43. The third-order valence-electron chi connectivity index (χ3n) is 3.53. The molecular weight excluding hydrogens is 310 g/mol. The maximum absolute atomic E-state index is 12.0. The number of carbonyl (C=O) groups is 1. The van der Waals surface area contributed by atoms with Crippen LogP contribution in [0.25, 0.3) is 0 Å². The summed E-state index contributed by atoms with van der Waals surface area (Å²) in [5.74, 6) is 2.63. The number of methoxy groups -OCH3 is 1. The highest BCUT2D eigenvalue weighted by atomic mass is 16.7. The fourth-order valence-corrected chi connectivity index (χ4v) is 2.35. The average Bonchev–Trinajstić information content (AvgIpc) is 3.07. The fourth-order valence-electron chi connectivity index (χ4n) is 2.35. The van der Waals surface area contributed by atoms with E-state index in [1.165, 1.54) is 0 Å². The predicted octanol–water partition coefficient (Wildman–Crippen LogP) is 3.22. The summed E-state index contributed by atoms with van der Waals surface area (Å²) >= 11 is 0. The molecule has 1 aliphatic rings. The summed E-state index contributed by atoms with van der Waals surface area (Å²) in [4.78, 5) is 12.0. The van der Waals surface area contributed by atoms with Gasteiger partial charge in [-0.05, 0) is 30.7 Å². The molecule has 2 aromatic carbocycles. The van der Waals surface area contributed by atoms with Gasteiger partial charge in [0.25, 0.3) is 0 Å². The lowest BCUT2D eigenvalue weighted by Gasteiger charge is -2.10. The highest BCUT2D eigenvalue weighted by molar-refractivity contribution is 5.91. The van der Waals surface area contributed by atoms with Crippen molar-refractivity contribution >= 4 is 11.6 Å². The van der Waals surface area contributed by atoms with E-state index in [1.807, 2.05) is 24.3 Å². The number of hydrogen-bond donors (Lipinski definition) is 1. The van der Waals surface area contributed by atoms with Crippen LogP contribution in [0.1, 0.15) is 12.8 Å². The molecule has 1 aliphatic heterocycles. The quantitative estimate of drug-likeness (QED) is 0.790. The number of hydrogen-bond acceptors (Lipinski definition) is 5. The minimum atomic E-state index is -0.0718. The predicted molar refractivity (Wildman–Crippen MR) is 88.9 cm³/mol. The van der Waals surface area contributed by atoms with Crippen LogP contribution in [-0.4, -0.2) is 26.4 Å². The first-order chi connectivity index (χ1) is 11.8. The Labute approximate surface area is 140 Å². The second-order valence-electron chi connectivity index (χ2n) is 5.22. The number of ether oxygens (including phenoxy) is 4. The van der Waals surface area contributed by atoms with E-state index >= 15 is 0 Å². The molecule has 6 heteroatoms. The molecule has 1 N–H and O–H groups in total. The van der Waals surface area contributed by atoms with Crippen LogP contribution in [0.5, 0.6) is 23.0 Å². The molecule has 0 radical (unpaired) electrons. The van der Waals surface area contributed by atoms with Crippen molar-refractivity contribution in [2.24, 2.45) is 0 Å². The molecule has 3 rings (SSSR count). The van der Waals surface area contributed by atoms with Gasteiger partial charge in [0.1, 0.15) is 0 Å². The Morgan fingerprint density at radius 2 is 1.92 bits per heavy atom. The van der Waals surface area contributed by atoms with E-state index in [0.29, 0.717) is 48.1 Å². The van der Waals surface area contributed by atoms with Crippen molar-refractivity contribution in [3.8, 4) is 23.0 Å². The summed E-state index contributed by atoms with van der Waals surface area (Å²) in [6.07, 6.45) is 0.970. The van der Waals surface area contributed by atoms with Gasteiger partial charge in [-0.25, -0.2) is 0 Å². The second-order valence-corrected chi connectivity index (χ2v) is 5.22. The molecule has 0 bridgehead atoms. The molecule has 0 fully saturated rings. The van der Waals surface area contributed by atoms with Gasteiger partial charge in [-0.3, -0.25) is 4.79 Å². The molecule has 0 saturated carbocycles. The van der Waals surface area contributed by atoms with Crippen molar-refractivity contribution in [2.75, 3.05) is 25.8 Å². The van der Waals surface area contributed by atoms with Gasteiger partial charge in [0.15, 0.2) is 23.0 Å². The molecule has 0 saturated heterocycles. The normalized spacial score (nSPS) is 11.9. The molecule has 1 amide bonds. The summed E-state index contributed by atoms with van der Waals surface area (Å²) in [6.45, 7) is 0.655. The average molecular weight is 329 g/mol. The third kappa shape index (κ3) is 3.90. The van der Waals surface area contributed by atoms with Gasteiger partial charge >= 0.3 is 0 Å². The Hall–Kier alpha value is -2.89. The number of carbonyl (C=O) groups excluding carboxylic acids is 1. The Bertz CT molecular complexity index is 716. The van der Waals surface area contributed by atoms with Crippen molar-refractivity contribution < 1.29 is 23.7 Å². The van der Waals surface area contributed by atoms with E-state index in [0.717, 1.165) is 0 Å². The van der Waals surface area contributed by atoms with Crippen LogP contribution in [0, 0.1) is 0 Å². The lowest BCUT2D eigenvalue weighted by Crippen LogP contribution is -2.12. The first-order valence-corrected chi connectivity index (χ1v) is 7.71. The molecule has 0 atom stereocenters. The number of rotatable bonds is 7. The zero-order valence-corrected chi connectivity index (χ0v) is 13.4. The SMILES string of the molecule is COc1ccccc1OCCCC(=O)Nc1ccc2c(c1)OCO2. The number of para-hydroxylation sites is 2. The highest BCUT2D eigenvalue weighted by Gasteiger charge is 2.14. The number of fused-ring (bicyclic) bond motifs is 1. The van der Waals surface area contributed by atoms with Crippen molar-refractivity contribution in [3.05, 3.63) is 42.5 Å². The van der Waals surface area contributed by atoms with Gasteiger partial charge in [0, 0.05) is 18.2 Å². The second kappa shape index (κ2) is 7.59. The zero-order chi connectivity index (χ0) is 16.8. The van der Waals surface area contributed by atoms with Crippen LogP contribution in [0.3, 0.4) is 0 Å². The molecule has 0 spiro atoms. The molecule has 2 aromatic rings. The summed E-state index contributed by atoms with van der Waals surface area (Å²) in [6, 6.07) is 12.8. The Morgan fingerprint density at radius 3 is 2.75 bits per heavy atom. The Kier molecular flexibility index (Phi) is 5.05. The lowest BCUT2D eigenvalue weighted by molar-refractivity contribution is -0.116. The first kappa shape index (κ1) is 16.0. The summed E-state index contributed by atoms with van der Waals surface area (Å²) in [5, 5.41) is 2.84. The first-order valence-electron chi connectivity index (χ1n) is 7.71. The van der Waals surface area contributed by atoms with E-state index < -0.39 is 0 Å². The summed E-state index contributed by atoms with van der Waals surface area (Å²) < 4.78 is 21.4. The van der Waals surface area contributed by atoms with Crippen LogP contribution in [0.15, 0.2) is 42.5 Å². The van der Waals surface area contributed by atoms with Gasteiger partial charge in [-0.1, -0.05) is 12.1 Å². The summed E-state index contributed by atoms with van der Waals surface area (Å²) in [7, 11) is 1.60. The largest absolute Gasteiger partial charge is 0.493 e. The minimum absolute atomic E-state index is 0.0718. The minimum Gasteiger partial charge on any atom is -0.493 e.